The van der Waals surface area contributed by atoms with E-state index in [9.17, 15) is 19.5 Å². The molecule has 4 unspecified atom stereocenters. The molecule has 31 heavy (non-hydrogen) atoms. The van der Waals surface area contributed by atoms with Crippen LogP contribution in [0.1, 0.15) is 66.7 Å². The van der Waals surface area contributed by atoms with Crippen LogP contribution in [0, 0.1) is 17.8 Å². The van der Waals surface area contributed by atoms with Crippen LogP contribution < -0.4 is 5.32 Å². The smallest absolute Gasteiger partial charge is 0.312 e. The monoisotopic (exact) mass is 438 g/mol. The largest absolute Gasteiger partial charge is 0.466 e. The van der Waals surface area contributed by atoms with Crippen LogP contribution in [0.4, 0.5) is 0 Å². The SMILES string of the molecule is CCCC(C)NC(=O)C1N(CCCCO)C(=O)[C@@H]2[C@H](C(=O)OCC)[C@@]3(C)OC12CC3C. The van der Waals surface area contributed by atoms with Crippen molar-refractivity contribution in [2.45, 2.75) is 90.0 Å². The number of fused-ring (bicyclic) bond motifs is 1. The fourth-order valence-corrected chi connectivity index (χ4v) is 6.09. The molecule has 3 aliphatic heterocycles. The first-order valence-corrected chi connectivity index (χ1v) is 11.8. The van der Waals surface area contributed by atoms with E-state index in [0.29, 0.717) is 25.8 Å². The summed E-state index contributed by atoms with van der Waals surface area (Å²) in [5, 5.41) is 12.3. The van der Waals surface area contributed by atoms with Gasteiger partial charge in [-0.2, -0.15) is 0 Å². The van der Waals surface area contributed by atoms with Crippen LogP contribution in [0.25, 0.3) is 0 Å². The van der Waals surface area contributed by atoms with Gasteiger partial charge >= 0.3 is 5.97 Å². The van der Waals surface area contributed by atoms with Gasteiger partial charge in [0, 0.05) is 19.2 Å². The Morgan fingerprint density at radius 1 is 1.35 bits per heavy atom. The van der Waals surface area contributed by atoms with Crippen molar-refractivity contribution in [2.24, 2.45) is 17.8 Å². The highest BCUT2D eigenvalue weighted by atomic mass is 16.6. The molecule has 0 saturated carbocycles. The number of rotatable bonds is 10. The number of aliphatic hydroxyl groups excluding tert-OH is 1. The maximum absolute atomic E-state index is 13.7. The lowest BCUT2D eigenvalue weighted by molar-refractivity contribution is -0.161. The molecule has 0 radical (unpaired) electrons. The van der Waals surface area contributed by atoms with E-state index in [1.807, 2.05) is 20.8 Å². The van der Waals surface area contributed by atoms with Crippen LogP contribution in [0.15, 0.2) is 0 Å². The molecule has 2 bridgehead atoms. The molecule has 8 heteroatoms. The molecule has 2 amide bonds. The molecule has 3 aliphatic rings. The van der Waals surface area contributed by atoms with Crippen molar-refractivity contribution in [1.29, 1.82) is 0 Å². The standard InChI is InChI=1S/C23H38N2O6/c1-6-10-15(4)24-19(27)18-23-13-14(3)22(5,31-23)17(21(29)30-7-2)16(23)20(28)25(18)11-8-9-12-26/h14-18,26H,6-13H2,1-5H3,(H,24,27)/t14?,15?,16-,17+,18?,22-,23?/m0/s1. The number of carbonyl (C=O) groups excluding carboxylic acids is 3. The van der Waals surface area contributed by atoms with Gasteiger partial charge in [0.2, 0.25) is 11.8 Å². The van der Waals surface area contributed by atoms with Crippen molar-refractivity contribution in [3.63, 3.8) is 0 Å². The quantitative estimate of drug-likeness (QED) is 0.397. The highest BCUT2D eigenvalue weighted by Gasteiger charge is 2.80. The summed E-state index contributed by atoms with van der Waals surface area (Å²) >= 11 is 0. The number of nitrogens with zero attached hydrogens (tertiary/aromatic N) is 1. The molecule has 0 aromatic heterocycles. The Morgan fingerprint density at radius 3 is 2.68 bits per heavy atom. The average molecular weight is 439 g/mol. The molecule has 3 heterocycles. The minimum atomic E-state index is -1.03. The molecular formula is C23H38N2O6. The van der Waals surface area contributed by atoms with E-state index in [0.717, 1.165) is 12.8 Å². The van der Waals surface area contributed by atoms with Crippen molar-refractivity contribution in [3.05, 3.63) is 0 Å². The molecule has 0 aliphatic carbocycles. The third kappa shape index (κ3) is 3.75. The van der Waals surface area contributed by atoms with Crippen LogP contribution in [0.5, 0.6) is 0 Å². The Kier molecular flexibility index (Phi) is 7.01. The van der Waals surface area contributed by atoms with Crippen LogP contribution in [-0.4, -0.2) is 70.8 Å². The summed E-state index contributed by atoms with van der Waals surface area (Å²) in [6, 6.07) is -0.804. The number of amides is 2. The second-order valence-electron chi connectivity index (χ2n) is 9.62. The van der Waals surface area contributed by atoms with Crippen LogP contribution in [0.3, 0.4) is 0 Å². The number of hydrogen-bond donors (Lipinski definition) is 2. The molecule has 3 fully saturated rings. The molecule has 1 spiro atoms. The number of ether oxygens (including phenoxy) is 2. The predicted molar refractivity (Wildman–Crippen MR) is 114 cm³/mol. The first-order chi connectivity index (χ1) is 14.7. The third-order valence-corrected chi connectivity index (χ3v) is 7.52. The minimum absolute atomic E-state index is 0.00622. The minimum Gasteiger partial charge on any atom is -0.466 e. The topological polar surface area (TPSA) is 105 Å². The van der Waals surface area contributed by atoms with Gasteiger partial charge < -0.3 is 24.8 Å². The van der Waals surface area contributed by atoms with E-state index in [1.165, 1.54) is 0 Å². The van der Waals surface area contributed by atoms with E-state index >= 15 is 0 Å². The van der Waals surface area contributed by atoms with Gasteiger partial charge in [0.15, 0.2) is 0 Å². The highest BCUT2D eigenvalue weighted by molar-refractivity contribution is 5.98. The zero-order valence-electron chi connectivity index (χ0n) is 19.5. The number of unbranched alkanes of at least 4 members (excludes halogenated alkanes) is 1. The van der Waals surface area contributed by atoms with E-state index in [-0.39, 0.29) is 37.0 Å². The Bertz CT molecular complexity index is 714. The lowest BCUT2D eigenvalue weighted by Gasteiger charge is -2.36. The number of aliphatic hydroxyl groups is 1. The summed E-state index contributed by atoms with van der Waals surface area (Å²) in [6.45, 7) is 10.3. The summed E-state index contributed by atoms with van der Waals surface area (Å²) in [7, 11) is 0. The third-order valence-electron chi connectivity index (χ3n) is 7.52. The van der Waals surface area contributed by atoms with E-state index in [1.54, 1.807) is 11.8 Å². The van der Waals surface area contributed by atoms with Crippen molar-refractivity contribution in [2.75, 3.05) is 19.8 Å². The van der Waals surface area contributed by atoms with Gasteiger partial charge in [0.05, 0.1) is 18.1 Å². The predicted octanol–water partition coefficient (Wildman–Crippen LogP) is 1.64. The number of nitrogens with one attached hydrogen (secondary N) is 1. The van der Waals surface area contributed by atoms with Crippen molar-refractivity contribution >= 4 is 17.8 Å². The van der Waals surface area contributed by atoms with Crippen LogP contribution >= 0.6 is 0 Å². The highest BCUT2D eigenvalue weighted by Crippen LogP contribution is 2.65. The molecule has 2 N–H and O–H groups in total. The van der Waals surface area contributed by atoms with Gasteiger partial charge in [0.25, 0.3) is 0 Å². The van der Waals surface area contributed by atoms with Gasteiger partial charge in [-0.25, -0.2) is 0 Å². The van der Waals surface area contributed by atoms with Gasteiger partial charge in [-0.1, -0.05) is 20.3 Å². The zero-order chi connectivity index (χ0) is 23.0. The molecule has 7 atom stereocenters. The van der Waals surface area contributed by atoms with Gasteiger partial charge in [-0.3, -0.25) is 14.4 Å². The summed E-state index contributed by atoms with van der Waals surface area (Å²) in [5.41, 5.74) is -1.87. The molecular weight excluding hydrogens is 400 g/mol. The molecule has 176 valence electrons. The molecule has 3 rings (SSSR count). The van der Waals surface area contributed by atoms with Crippen LogP contribution in [0.2, 0.25) is 0 Å². The van der Waals surface area contributed by atoms with E-state index < -0.39 is 35.0 Å². The number of likely N-dealkylation sites (tertiary alicyclic amines) is 1. The summed E-state index contributed by atoms with van der Waals surface area (Å²) in [6.07, 6.45) is 3.45. The van der Waals surface area contributed by atoms with E-state index in [4.69, 9.17) is 9.47 Å². The maximum atomic E-state index is 13.7. The fourth-order valence-electron chi connectivity index (χ4n) is 6.09. The number of esters is 1. The normalized spacial score (nSPS) is 37.1. The van der Waals surface area contributed by atoms with Gasteiger partial charge in [0.1, 0.15) is 17.6 Å². The Morgan fingerprint density at radius 2 is 2.06 bits per heavy atom. The number of hydrogen-bond acceptors (Lipinski definition) is 6. The second kappa shape index (κ2) is 9.06. The molecule has 0 aromatic rings. The summed E-state index contributed by atoms with van der Waals surface area (Å²) in [5.74, 6) is -2.30. The molecule has 8 nitrogen and oxygen atoms in total. The maximum Gasteiger partial charge on any atom is 0.312 e. The lowest BCUT2D eigenvalue weighted by atomic mass is 9.62. The summed E-state index contributed by atoms with van der Waals surface area (Å²) < 4.78 is 11.9. The molecule has 0 aromatic carbocycles. The number of carbonyl (C=O) groups is 3. The van der Waals surface area contributed by atoms with Crippen molar-refractivity contribution < 1.29 is 29.0 Å². The molecule has 3 saturated heterocycles. The van der Waals surface area contributed by atoms with Crippen molar-refractivity contribution in [3.8, 4) is 0 Å². The van der Waals surface area contributed by atoms with Crippen molar-refractivity contribution in [1.82, 2.24) is 10.2 Å². The fraction of sp³-hybridized carbons (Fsp3) is 0.870. The van der Waals surface area contributed by atoms with Gasteiger partial charge in [-0.05, 0) is 52.4 Å². The second-order valence-corrected chi connectivity index (χ2v) is 9.62. The van der Waals surface area contributed by atoms with Gasteiger partial charge in [-0.15, -0.1) is 0 Å². The summed E-state index contributed by atoms with van der Waals surface area (Å²) in [4.78, 5) is 41.7. The Labute approximate surface area is 185 Å². The first-order valence-electron chi connectivity index (χ1n) is 11.8. The first kappa shape index (κ1) is 24.0. The average Bonchev–Trinajstić information content (AvgIpc) is 3.20. The van der Waals surface area contributed by atoms with Crippen LogP contribution in [-0.2, 0) is 23.9 Å². The Balaban J connectivity index is 2.00. The zero-order valence-corrected chi connectivity index (χ0v) is 19.5. The lowest BCUT2D eigenvalue weighted by Crippen LogP contribution is -2.56. The Hall–Kier alpha value is -1.67. The van der Waals surface area contributed by atoms with E-state index in [2.05, 4.69) is 12.2 Å².